The number of para-hydroxylation sites is 1. The van der Waals surface area contributed by atoms with Gasteiger partial charge in [-0.25, -0.2) is 0 Å². The van der Waals surface area contributed by atoms with Crippen molar-refractivity contribution in [2.45, 2.75) is 25.9 Å². The van der Waals surface area contributed by atoms with Gasteiger partial charge in [0, 0.05) is 23.8 Å². The van der Waals surface area contributed by atoms with Gasteiger partial charge >= 0.3 is 0 Å². The zero-order valence-electron chi connectivity index (χ0n) is 12.2. The highest BCUT2D eigenvalue weighted by Crippen LogP contribution is 2.33. The molecule has 0 radical (unpaired) electrons. The normalized spacial score (nSPS) is 16.3. The van der Waals surface area contributed by atoms with Crippen molar-refractivity contribution in [3.05, 3.63) is 65.2 Å². The summed E-state index contributed by atoms with van der Waals surface area (Å²) in [7, 11) is 0. The Balaban J connectivity index is 1.91. The first-order valence-corrected chi connectivity index (χ1v) is 7.32. The molecule has 2 heteroatoms. The van der Waals surface area contributed by atoms with Gasteiger partial charge in [-0.3, -0.25) is 0 Å². The number of aliphatic hydroxyl groups is 1. The van der Waals surface area contributed by atoms with Gasteiger partial charge in [0.1, 0.15) is 6.61 Å². The molecule has 2 aromatic carbocycles. The maximum absolute atomic E-state index is 8.89. The zero-order valence-corrected chi connectivity index (χ0v) is 12.2. The van der Waals surface area contributed by atoms with Gasteiger partial charge in [-0.15, -0.1) is 0 Å². The molecule has 1 atom stereocenters. The fourth-order valence-electron chi connectivity index (χ4n) is 2.97. The topological polar surface area (TPSA) is 23.5 Å². The van der Waals surface area contributed by atoms with Crippen LogP contribution in [0.5, 0.6) is 0 Å². The van der Waals surface area contributed by atoms with Gasteiger partial charge in [-0.05, 0) is 36.6 Å². The zero-order chi connectivity index (χ0) is 14.7. The first kappa shape index (κ1) is 13.7. The Bertz CT molecular complexity index is 696. The van der Waals surface area contributed by atoms with Gasteiger partial charge in [0.25, 0.3) is 0 Å². The first-order valence-electron chi connectivity index (χ1n) is 7.32. The number of rotatable bonds is 2. The number of anilines is 1. The van der Waals surface area contributed by atoms with Gasteiger partial charge in [0.15, 0.2) is 0 Å². The summed E-state index contributed by atoms with van der Waals surface area (Å²) in [5, 5.41) is 8.89. The lowest BCUT2D eigenvalue weighted by Crippen LogP contribution is -2.28. The molecule has 1 aliphatic heterocycles. The van der Waals surface area contributed by atoms with Crippen molar-refractivity contribution in [1.82, 2.24) is 0 Å². The van der Waals surface area contributed by atoms with Gasteiger partial charge in [-0.1, -0.05) is 48.2 Å². The summed E-state index contributed by atoms with van der Waals surface area (Å²) in [6.45, 7) is 3.02. The van der Waals surface area contributed by atoms with E-state index in [9.17, 15) is 0 Å². The van der Waals surface area contributed by atoms with Gasteiger partial charge < -0.3 is 10.0 Å². The number of benzene rings is 2. The van der Waals surface area contributed by atoms with E-state index in [1.807, 2.05) is 18.2 Å². The molecule has 3 rings (SSSR count). The van der Waals surface area contributed by atoms with Crippen LogP contribution in [0, 0.1) is 11.8 Å². The Hall–Kier alpha value is -2.24. The third-order valence-electron chi connectivity index (χ3n) is 4.01. The van der Waals surface area contributed by atoms with Gasteiger partial charge in [-0.2, -0.15) is 0 Å². The average molecular weight is 277 g/mol. The summed E-state index contributed by atoms with van der Waals surface area (Å²) < 4.78 is 0. The molecule has 0 aromatic heterocycles. The predicted molar refractivity (Wildman–Crippen MR) is 86.2 cm³/mol. The lowest BCUT2D eigenvalue weighted by atomic mass is 10.1. The summed E-state index contributed by atoms with van der Waals surface area (Å²) >= 11 is 0. The maximum atomic E-state index is 8.89. The third kappa shape index (κ3) is 2.79. The molecule has 2 nitrogen and oxygen atoms in total. The first-order chi connectivity index (χ1) is 10.3. The van der Waals surface area contributed by atoms with E-state index in [-0.39, 0.29) is 6.61 Å². The molecule has 21 heavy (non-hydrogen) atoms. The van der Waals surface area contributed by atoms with Crippen LogP contribution in [0.3, 0.4) is 0 Å². The van der Waals surface area contributed by atoms with E-state index in [4.69, 9.17) is 5.11 Å². The molecule has 1 heterocycles. The quantitative estimate of drug-likeness (QED) is 0.853. The maximum Gasteiger partial charge on any atom is 0.104 e. The van der Waals surface area contributed by atoms with E-state index in [1.165, 1.54) is 16.8 Å². The van der Waals surface area contributed by atoms with Crippen molar-refractivity contribution in [3.8, 4) is 11.8 Å². The van der Waals surface area contributed by atoms with Crippen molar-refractivity contribution in [1.29, 1.82) is 0 Å². The van der Waals surface area contributed by atoms with Gasteiger partial charge in [0.2, 0.25) is 0 Å². The average Bonchev–Trinajstić information content (AvgIpc) is 2.82. The molecular formula is C19H19NO. The molecule has 2 aromatic rings. The monoisotopic (exact) mass is 277 g/mol. The van der Waals surface area contributed by atoms with Crippen molar-refractivity contribution in [3.63, 3.8) is 0 Å². The van der Waals surface area contributed by atoms with E-state index in [1.54, 1.807) is 0 Å². The Labute approximate surface area is 126 Å². The molecule has 106 valence electrons. The second-order valence-electron chi connectivity index (χ2n) is 5.43. The predicted octanol–water partition coefficient (Wildman–Crippen LogP) is 2.98. The minimum Gasteiger partial charge on any atom is -0.384 e. The van der Waals surface area contributed by atoms with Crippen LogP contribution >= 0.6 is 0 Å². The van der Waals surface area contributed by atoms with E-state index in [0.29, 0.717) is 6.04 Å². The van der Waals surface area contributed by atoms with Crippen LogP contribution in [0.1, 0.15) is 23.6 Å². The van der Waals surface area contributed by atoms with Crippen LogP contribution in [0.15, 0.2) is 48.5 Å². The number of hydrogen-bond acceptors (Lipinski definition) is 2. The summed E-state index contributed by atoms with van der Waals surface area (Å²) in [5.41, 5.74) is 4.96. The smallest absolute Gasteiger partial charge is 0.104 e. The Morgan fingerprint density at radius 2 is 1.90 bits per heavy atom. The van der Waals surface area contributed by atoms with Crippen molar-refractivity contribution >= 4 is 5.69 Å². The Kier molecular flexibility index (Phi) is 3.94. The lowest BCUT2D eigenvalue weighted by molar-refractivity contribution is 0.350. The minimum atomic E-state index is -0.0999. The van der Waals surface area contributed by atoms with Crippen molar-refractivity contribution in [2.24, 2.45) is 0 Å². The molecule has 0 saturated heterocycles. The van der Waals surface area contributed by atoms with Crippen LogP contribution in [-0.2, 0) is 13.0 Å². The molecule has 1 N–H and O–H groups in total. The second-order valence-corrected chi connectivity index (χ2v) is 5.43. The van der Waals surface area contributed by atoms with Crippen molar-refractivity contribution < 1.29 is 5.11 Å². The highest BCUT2D eigenvalue weighted by atomic mass is 16.2. The molecule has 1 aliphatic rings. The van der Waals surface area contributed by atoms with Crippen LogP contribution in [0.25, 0.3) is 0 Å². The molecule has 1 unspecified atom stereocenters. The van der Waals surface area contributed by atoms with Gasteiger partial charge in [0.05, 0.1) is 0 Å². The molecule has 0 aliphatic carbocycles. The standard InChI is InChI=1S/C19H19NO/c1-15-13-17-8-4-5-11-19(17)20(15)14-18-9-3-2-7-16(18)10-6-12-21/h2-5,7-9,11,15,21H,12-14H2,1H3. The summed E-state index contributed by atoms with van der Waals surface area (Å²) in [5.74, 6) is 5.80. The van der Waals surface area contributed by atoms with Crippen molar-refractivity contribution in [2.75, 3.05) is 11.5 Å². The molecule has 0 bridgehead atoms. The molecular weight excluding hydrogens is 258 g/mol. The summed E-state index contributed by atoms with van der Waals surface area (Å²) in [4.78, 5) is 2.44. The highest BCUT2D eigenvalue weighted by molar-refractivity contribution is 5.60. The summed E-state index contributed by atoms with van der Waals surface area (Å²) in [6.07, 6.45) is 1.10. The van der Waals surface area contributed by atoms with Crippen LogP contribution < -0.4 is 4.90 Å². The SMILES string of the molecule is CC1Cc2ccccc2N1Cc1ccccc1C#CCO. The molecule has 0 spiro atoms. The second kappa shape index (κ2) is 6.03. The van der Waals surface area contributed by atoms with Crippen LogP contribution in [-0.4, -0.2) is 17.8 Å². The molecule has 0 saturated carbocycles. The van der Waals surface area contributed by atoms with E-state index in [0.717, 1.165) is 18.5 Å². The number of hydrogen-bond donors (Lipinski definition) is 1. The largest absolute Gasteiger partial charge is 0.384 e. The third-order valence-corrected chi connectivity index (χ3v) is 4.01. The number of fused-ring (bicyclic) bond motifs is 1. The Morgan fingerprint density at radius 1 is 1.14 bits per heavy atom. The van der Waals surface area contributed by atoms with E-state index in [2.05, 4.69) is 54.0 Å². The fourth-order valence-corrected chi connectivity index (χ4v) is 2.97. The number of aliphatic hydroxyl groups excluding tert-OH is 1. The van der Waals surface area contributed by atoms with Crippen LogP contribution in [0.4, 0.5) is 5.69 Å². The fraction of sp³-hybridized carbons (Fsp3) is 0.263. The lowest BCUT2D eigenvalue weighted by Gasteiger charge is -2.25. The number of nitrogens with zero attached hydrogens (tertiary/aromatic N) is 1. The van der Waals surface area contributed by atoms with E-state index >= 15 is 0 Å². The highest BCUT2D eigenvalue weighted by Gasteiger charge is 2.25. The Morgan fingerprint density at radius 3 is 2.76 bits per heavy atom. The summed E-state index contributed by atoms with van der Waals surface area (Å²) in [6, 6.07) is 17.3. The van der Waals surface area contributed by atoms with E-state index < -0.39 is 0 Å². The molecule has 0 fully saturated rings. The minimum absolute atomic E-state index is 0.0999. The van der Waals surface area contributed by atoms with Crippen LogP contribution in [0.2, 0.25) is 0 Å². The molecule has 0 amide bonds.